The molecule has 26 heavy (non-hydrogen) atoms. The molecule has 1 atom stereocenters. The average molecular weight is 432 g/mol. The van der Waals surface area contributed by atoms with E-state index in [4.69, 9.17) is 29.6 Å². The van der Waals surface area contributed by atoms with Gasteiger partial charge in [0.2, 0.25) is 10.0 Å². The van der Waals surface area contributed by atoms with Crippen LogP contribution in [0.25, 0.3) is 10.2 Å². The van der Waals surface area contributed by atoms with Gasteiger partial charge < -0.3 is 4.57 Å². The van der Waals surface area contributed by atoms with Crippen molar-refractivity contribution in [3.63, 3.8) is 0 Å². The van der Waals surface area contributed by atoms with Crippen molar-refractivity contribution in [2.75, 3.05) is 12.8 Å². The minimum atomic E-state index is -3.47. The third kappa shape index (κ3) is 3.55. The SMILES string of the molecule is C#CCn1c(=NC(=O)C2CCCN2S(C)(=O)=O)sc2c(Cl)ccc(Cl)c21. The number of nitrogens with zero attached hydrogens (tertiary/aromatic N) is 3. The van der Waals surface area contributed by atoms with E-state index in [1.165, 1.54) is 15.6 Å². The Balaban J connectivity index is 2.14. The summed E-state index contributed by atoms with van der Waals surface area (Å²) < 4.78 is 27.2. The Bertz CT molecular complexity index is 1100. The molecule has 1 aromatic heterocycles. The third-order valence-corrected chi connectivity index (χ3v) is 7.23. The monoisotopic (exact) mass is 431 g/mol. The number of sulfonamides is 1. The zero-order valence-corrected chi connectivity index (χ0v) is 16.9. The van der Waals surface area contributed by atoms with Crippen LogP contribution in [-0.4, -0.2) is 42.0 Å². The van der Waals surface area contributed by atoms with Crippen molar-refractivity contribution in [3.8, 4) is 12.3 Å². The molecule has 0 N–H and O–H groups in total. The highest BCUT2D eigenvalue weighted by Gasteiger charge is 2.36. The standard InChI is InChI=1S/C16H15Cl2N3O3S2/c1-3-8-20-13-10(17)6-7-11(18)14(13)25-16(20)19-15(22)12-5-4-9-21(12)26(2,23)24/h1,6-7,12H,4-5,8-9H2,2H3. The van der Waals surface area contributed by atoms with Crippen molar-refractivity contribution >= 4 is 60.7 Å². The maximum absolute atomic E-state index is 12.7. The average Bonchev–Trinajstić information content (AvgIpc) is 3.17. The van der Waals surface area contributed by atoms with E-state index in [1.807, 2.05) is 0 Å². The van der Waals surface area contributed by atoms with Crippen LogP contribution >= 0.6 is 34.5 Å². The number of hydrogen-bond donors (Lipinski definition) is 0. The van der Waals surface area contributed by atoms with Gasteiger partial charge in [-0.05, 0) is 25.0 Å². The van der Waals surface area contributed by atoms with Crippen molar-refractivity contribution in [2.45, 2.75) is 25.4 Å². The summed E-state index contributed by atoms with van der Waals surface area (Å²) in [5.74, 6) is 2.00. The molecule has 1 saturated heterocycles. The summed E-state index contributed by atoms with van der Waals surface area (Å²) in [7, 11) is -3.47. The van der Waals surface area contributed by atoms with E-state index < -0.39 is 22.0 Å². The van der Waals surface area contributed by atoms with Gasteiger partial charge in [-0.25, -0.2) is 8.42 Å². The second kappa shape index (κ2) is 7.33. The van der Waals surface area contributed by atoms with Gasteiger partial charge in [0.1, 0.15) is 6.04 Å². The minimum absolute atomic E-state index is 0.159. The summed E-state index contributed by atoms with van der Waals surface area (Å²) in [6.07, 6.45) is 7.60. The number of hydrogen-bond acceptors (Lipinski definition) is 4. The third-order valence-electron chi connectivity index (χ3n) is 4.10. The highest BCUT2D eigenvalue weighted by Crippen LogP contribution is 2.32. The van der Waals surface area contributed by atoms with Crippen LogP contribution in [0.1, 0.15) is 12.8 Å². The van der Waals surface area contributed by atoms with Gasteiger partial charge in [-0.15, -0.1) is 6.42 Å². The van der Waals surface area contributed by atoms with E-state index in [9.17, 15) is 13.2 Å². The molecule has 0 bridgehead atoms. The smallest absolute Gasteiger partial charge is 0.266 e. The van der Waals surface area contributed by atoms with Crippen molar-refractivity contribution in [3.05, 3.63) is 27.0 Å². The molecular weight excluding hydrogens is 417 g/mol. The molecule has 1 fully saturated rings. The van der Waals surface area contributed by atoms with Crippen LogP contribution in [0.2, 0.25) is 10.0 Å². The second-order valence-corrected chi connectivity index (χ2v) is 9.59. The topological polar surface area (TPSA) is 71.7 Å². The molecule has 2 aromatic rings. The molecule has 2 heterocycles. The molecule has 138 valence electrons. The number of carbonyl (C=O) groups is 1. The summed E-state index contributed by atoms with van der Waals surface area (Å²) in [5.41, 5.74) is 0.611. The summed E-state index contributed by atoms with van der Waals surface area (Å²) in [6, 6.07) is 2.53. The van der Waals surface area contributed by atoms with Gasteiger partial charge in [0.05, 0.1) is 33.1 Å². The summed E-state index contributed by atoms with van der Waals surface area (Å²) >= 11 is 13.7. The Labute approximate surface area is 165 Å². The van der Waals surface area contributed by atoms with Crippen LogP contribution in [0.4, 0.5) is 0 Å². The number of terminal acetylenes is 1. The fourth-order valence-corrected chi connectivity index (χ4v) is 5.76. The molecule has 6 nitrogen and oxygen atoms in total. The van der Waals surface area contributed by atoms with E-state index in [0.717, 1.165) is 6.26 Å². The number of rotatable bonds is 3. The molecule has 10 heteroatoms. The van der Waals surface area contributed by atoms with Crippen molar-refractivity contribution in [1.82, 2.24) is 8.87 Å². The molecule has 0 saturated carbocycles. The molecule has 0 spiro atoms. The predicted molar refractivity (Wildman–Crippen MR) is 104 cm³/mol. The second-order valence-electron chi connectivity index (χ2n) is 5.86. The largest absolute Gasteiger partial charge is 0.303 e. The van der Waals surface area contributed by atoms with E-state index in [2.05, 4.69) is 10.9 Å². The lowest BCUT2D eigenvalue weighted by atomic mass is 10.2. The number of benzene rings is 1. The van der Waals surface area contributed by atoms with Crippen LogP contribution in [0.15, 0.2) is 17.1 Å². The Morgan fingerprint density at radius 1 is 1.42 bits per heavy atom. The van der Waals surface area contributed by atoms with E-state index in [-0.39, 0.29) is 6.54 Å². The van der Waals surface area contributed by atoms with Gasteiger partial charge >= 0.3 is 0 Å². The quantitative estimate of drug-likeness (QED) is 0.700. The van der Waals surface area contributed by atoms with E-state index >= 15 is 0 Å². The maximum atomic E-state index is 12.7. The highest BCUT2D eigenvalue weighted by molar-refractivity contribution is 7.88. The Morgan fingerprint density at radius 2 is 2.12 bits per heavy atom. The fraction of sp³-hybridized carbons (Fsp3) is 0.375. The van der Waals surface area contributed by atoms with Crippen molar-refractivity contribution in [2.24, 2.45) is 4.99 Å². The van der Waals surface area contributed by atoms with Crippen molar-refractivity contribution in [1.29, 1.82) is 0 Å². The minimum Gasteiger partial charge on any atom is -0.303 e. The fourth-order valence-electron chi connectivity index (χ4n) is 2.99. The molecule has 1 unspecified atom stereocenters. The van der Waals surface area contributed by atoms with Gasteiger partial charge in [-0.3, -0.25) is 4.79 Å². The van der Waals surface area contributed by atoms with E-state index in [1.54, 1.807) is 16.7 Å². The number of amides is 1. The number of aromatic nitrogens is 1. The van der Waals surface area contributed by atoms with E-state index in [0.29, 0.717) is 44.4 Å². The maximum Gasteiger partial charge on any atom is 0.266 e. The lowest BCUT2D eigenvalue weighted by Crippen LogP contribution is -2.39. The number of thiazole rings is 1. The summed E-state index contributed by atoms with van der Waals surface area (Å²) in [6.45, 7) is 0.478. The molecule has 3 rings (SSSR count). The first kappa shape index (κ1) is 19.4. The zero-order chi connectivity index (χ0) is 19.1. The number of carbonyl (C=O) groups excluding carboxylic acids is 1. The summed E-state index contributed by atoms with van der Waals surface area (Å²) in [5, 5.41) is 0.927. The molecule has 1 aromatic carbocycles. The Hall–Kier alpha value is -1.37. The normalized spacial score (nSPS) is 19.2. The van der Waals surface area contributed by atoms with Gasteiger partial charge in [-0.1, -0.05) is 40.5 Å². The first-order chi connectivity index (χ1) is 12.2. The predicted octanol–water partition coefficient (Wildman–Crippen LogP) is 2.49. The van der Waals surface area contributed by atoms with Gasteiger partial charge in [0.25, 0.3) is 5.91 Å². The van der Waals surface area contributed by atoms with Gasteiger partial charge in [-0.2, -0.15) is 9.30 Å². The van der Waals surface area contributed by atoms with Crippen LogP contribution in [0, 0.1) is 12.3 Å². The zero-order valence-electron chi connectivity index (χ0n) is 13.8. The van der Waals surface area contributed by atoms with Gasteiger partial charge in [0, 0.05) is 6.54 Å². The molecule has 1 aliphatic heterocycles. The van der Waals surface area contributed by atoms with Crippen LogP contribution in [0.5, 0.6) is 0 Å². The molecule has 0 radical (unpaired) electrons. The lowest BCUT2D eigenvalue weighted by molar-refractivity contribution is -0.121. The Kier molecular flexibility index (Phi) is 5.47. The highest BCUT2D eigenvalue weighted by atomic mass is 35.5. The van der Waals surface area contributed by atoms with Crippen LogP contribution in [-0.2, 0) is 21.4 Å². The lowest BCUT2D eigenvalue weighted by Gasteiger charge is -2.18. The molecule has 0 aliphatic carbocycles. The molecule has 1 amide bonds. The van der Waals surface area contributed by atoms with Gasteiger partial charge in [0.15, 0.2) is 4.80 Å². The number of halogens is 2. The summed E-state index contributed by atoms with van der Waals surface area (Å²) in [4.78, 5) is 17.2. The van der Waals surface area contributed by atoms with Crippen LogP contribution < -0.4 is 4.80 Å². The van der Waals surface area contributed by atoms with Crippen molar-refractivity contribution < 1.29 is 13.2 Å². The van der Waals surface area contributed by atoms with Crippen LogP contribution in [0.3, 0.4) is 0 Å². The number of fused-ring (bicyclic) bond motifs is 1. The molecule has 1 aliphatic rings. The first-order valence-electron chi connectivity index (χ1n) is 7.70. The Morgan fingerprint density at radius 3 is 2.77 bits per heavy atom. The first-order valence-corrected chi connectivity index (χ1v) is 11.1. The molecular formula is C16H15Cl2N3O3S2.